The lowest BCUT2D eigenvalue weighted by Gasteiger charge is -2.29. The van der Waals surface area contributed by atoms with E-state index in [1.165, 1.54) is 0 Å². The van der Waals surface area contributed by atoms with E-state index >= 15 is 0 Å². The normalized spacial score (nSPS) is 30.3. The van der Waals surface area contributed by atoms with Crippen LogP contribution in [-0.4, -0.2) is 32.4 Å². The van der Waals surface area contributed by atoms with Crippen molar-refractivity contribution in [3.05, 3.63) is 34.9 Å². The van der Waals surface area contributed by atoms with E-state index in [0.717, 1.165) is 5.01 Å². The molecule has 5 nitrogen and oxygen atoms in total. The predicted octanol–water partition coefficient (Wildman–Crippen LogP) is 2.91. The van der Waals surface area contributed by atoms with E-state index in [-0.39, 0.29) is 33.3 Å². The molecule has 3 rings (SSSR count). The van der Waals surface area contributed by atoms with Gasteiger partial charge in [0.2, 0.25) is 0 Å². The molecule has 3 amide bonds. The van der Waals surface area contributed by atoms with Gasteiger partial charge in [-0.1, -0.05) is 43.5 Å². The third-order valence-electron chi connectivity index (χ3n) is 4.23. The summed E-state index contributed by atoms with van der Waals surface area (Å²) >= 11 is 12.8. The Kier molecular flexibility index (Phi) is 4.80. The van der Waals surface area contributed by atoms with Crippen molar-refractivity contribution in [3.63, 3.8) is 0 Å². The van der Waals surface area contributed by atoms with Crippen LogP contribution in [0, 0.1) is 11.8 Å². The number of fused-ring (bicyclic) bond motifs is 1. The maximum Gasteiger partial charge on any atom is 0.270 e. The van der Waals surface area contributed by atoms with E-state index in [2.05, 4.69) is 37.3 Å². The number of imide groups is 1. The van der Waals surface area contributed by atoms with Crippen LogP contribution >= 0.6 is 43.5 Å². The van der Waals surface area contributed by atoms with Gasteiger partial charge in [-0.2, -0.15) is 5.01 Å². The van der Waals surface area contributed by atoms with Gasteiger partial charge in [0.05, 0.1) is 11.8 Å². The molecule has 1 saturated heterocycles. The lowest BCUT2D eigenvalue weighted by atomic mass is 9.81. The molecule has 23 heavy (non-hydrogen) atoms. The van der Waals surface area contributed by atoms with E-state index in [4.69, 9.17) is 11.6 Å². The van der Waals surface area contributed by atoms with Crippen LogP contribution in [0.3, 0.4) is 0 Å². The van der Waals surface area contributed by atoms with Crippen molar-refractivity contribution >= 4 is 61.2 Å². The second-order valence-corrected chi connectivity index (χ2v) is 8.46. The van der Waals surface area contributed by atoms with Crippen molar-refractivity contribution in [2.24, 2.45) is 11.8 Å². The maximum absolute atomic E-state index is 12.5. The van der Waals surface area contributed by atoms with Gasteiger partial charge < -0.3 is 0 Å². The Bertz CT molecular complexity index is 639. The fraction of sp³-hybridized carbons (Fsp3) is 0.400. The van der Waals surface area contributed by atoms with Gasteiger partial charge in [0.1, 0.15) is 0 Å². The van der Waals surface area contributed by atoms with Crippen molar-refractivity contribution in [1.29, 1.82) is 0 Å². The lowest BCUT2D eigenvalue weighted by molar-refractivity contribution is -0.142. The van der Waals surface area contributed by atoms with Crippen molar-refractivity contribution in [2.45, 2.75) is 22.5 Å². The molecule has 2 fully saturated rings. The van der Waals surface area contributed by atoms with Crippen LogP contribution in [0.25, 0.3) is 0 Å². The monoisotopic (exact) mass is 462 g/mol. The minimum absolute atomic E-state index is 0.132. The smallest absolute Gasteiger partial charge is 0.270 e. The van der Waals surface area contributed by atoms with Crippen LogP contribution in [0.15, 0.2) is 24.3 Å². The molecule has 122 valence electrons. The third kappa shape index (κ3) is 3.19. The van der Waals surface area contributed by atoms with Crippen molar-refractivity contribution in [3.8, 4) is 0 Å². The summed E-state index contributed by atoms with van der Waals surface area (Å²) in [5.41, 5.74) is 2.76. The summed E-state index contributed by atoms with van der Waals surface area (Å²) in [6, 6.07) is 6.24. The zero-order chi connectivity index (χ0) is 16.7. The molecule has 4 atom stereocenters. The number of amides is 3. The quantitative estimate of drug-likeness (QED) is 0.541. The van der Waals surface area contributed by atoms with E-state index in [0.29, 0.717) is 23.4 Å². The molecular formula is C15H13Br2ClN2O3. The number of hydrazine groups is 1. The first-order valence-corrected chi connectivity index (χ1v) is 9.32. The molecule has 0 bridgehead atoms. The molecule has 0 aromatic heterocycles. The van der Waals surface area contributed by atoms with Crippen LogP contribution in [-0.2, 0) is 9.59 Å². The number of carbonyl (C=O) groups excluding carboxylic acids is 3. The molecule has 1 heterocycles. The summed E-state index contributed by atoms with van der Waals surface area (Å²) in [6.45, 7) is 0. The summed E-state index contributed by atoms with van der Waals surface area (Å²) in [4.78, 5) is 37.4. The van der Waals surface area contributed by atoms with Gasteiger partial charge >= 0.3 is 0 Å². The first-order valence-electron chi connectivity index (χ1n) is 7.11. The fourth-order valence-electron chi connectivity index (χ4n) is 2.97. The second-order valence-electron chi connectivity index (χ2n) is 5.68. The Labute approximate surface area is 155 Å². The fourth-order valence-corrected chi connectivity index (χ4v) is 4.34. The summed E-state index contributed by atoms with van der Waals surface area (Å²) < 4.78 is 0. The van der Waals surface area contributed by atoms with Crippen LogP contribution in [0.5, 0.6) is 0 Å². The van der Waals surface area contributed by atoms with Crippen LogP contribution < -0.4 is 5.43 Å². The molecule has 1 aliphatic heterocycles. The first kappa shape index (κ1) is 16.9. The number of alkyl halides is 2. The zero-order valence-corrected chi connectivity index (χ0v) is 15.8. The van der Waals surface area contributed by atoms with E-state index in [1.807, 2.05) is 0 Å². The van der Waals surface area contributed by atoms with E-state index in [9.17, 15) is 14.4 Å². The second kappa shape index (κ2) is 6.53. The lowest BCUT2D eigenvalue weighted by Crippen LogP contribution is -2.46. The predicted molar refractivity (Wildman–Crippen MR) is 92.4 cm³/mol. The molecule has 0 spiro atoms. The first-order chi connectivity index (χ1) is 10.9. The average molecular weight is 465 g/mol. The van der Waals surface area contributed by atoms with Crippen molar-refractivity contribution in [2.75, 3.05) is 0 Å². The summed E-state index contributed by atoms with van der Waals surface area (Å²) in [5.74, 6) is -1.96. The molecule has 1 aliphatic carbocycles. The standard InChI is InChI=1S/C15H13Br2ClN2O3/c16-11-5-9-10(6-12(11)17)15(23)20(14(9)22)19-13(21)7-1-3-8(18)4-2-7/h1-4,9-12H,5-6H2,(H,19,21)/t9-,10+,11+,12-. The van der Waals surface area contributed by atoms with Crippen LogP contribution in [0.1, 0.15) is 23.2 Å². The van der Waals surface area contributed by atoms with Gasteiger partial charge in [-0.3, -0.25) is 19.8 Å². The van der Waals surface area contributed by atoms with Crippen LogP contribution in [0.4, 0.5) is 0 Å². The summed E-state index contributed by atoms with van der Waals surface area (Å²) in [6.07, 6.45) is 1.14. The minimum Gasteiger partial charge on any atom is -0.272 e. The van der Waals surface area contributed by atoms with Gasteiger partial charge in [-0.15, -0.1) is 0 Å². The Morgan fingerprint density at radius 1 is 1.04 bits per heavy atom. The molecular weight excluding hydrogens is 451 g/mol. The highest BCUT2D eigenvalue weighted by Gasteiger charge is 2.52. The highest BCUT2D eigenvalue weighted by Crippen LogP contribution is 2.42. The minimum atomic E-state index is -0.507. The molecule has 1 saturated carbocycles. The Morgan fingerprint density at radius 2 is 1.52 bits per heavy atom. The van der Waals surface area contributed by atoms with Crippen molar-refractivity contribution in [1.82, 2.24) is 10.4 Å². The van der Waals surface area contributed by atoms with Crippen molar-refractivity contribution < 1.29 is 14.4 Å². The Balaban J connectivity index is 1.76. The summed E-state index contributed by atoms with van der Waals surface area (Å²) in [7, 11) is 0. The topological polar surface area (TPSA) is 66.5 Å². The summed E-state index contributed by atoms with van der Waals surface area (Å²) in [5, 5.41) is 1.38. The van der Waals surface area contributed by atoms with E-state index < -0.39 is 5.91 Å². The van der Waals surface area contributed by atoms with Gasteiger partial charge in [0, 0.05) is 20.2 Å². The number of nitrogens with zero attached hydrogens (tertiary/aromatic N) is 1. The third-order valence-corrected chi connectivity index (χ3v) is 7.22. The number of hydrogen-bond acceptors (Lipinski definition) is 3. The molecule has 1 aromatic carbocycles. The molecule has 2 aliphatic rings. The Morgan fingerprint density at radius 3 is 2.00 bits per heavy atom. The SMILES string of the molecule is O=C(NN1C(=O)[C@H]2C[C@@H](Br)[C@@H](Br)C[C@H]2C1=O)c1ccc(Cl)cc1. The van der Waals surface area contributed by atoms with Gasteiger partial charge in [0.25, 0.3) is 17.7 Å². The number of halogens is 3. The number of carbonyl (C=O) groups is 3. The molecule has 0 unspecified atom stereocenters. The van der Waals surface area contributed by atoms with E-state index in [1.54, 1.807) is 24.3 Å². The highest BCUT2D eigenvalue weighted by atomic mass is 79.9. The molecule has 0 radical (unpaired) electrons. The number of benzene rings is 1. The number of nitrogens with one attached hydrogen (secondary N) is 1. The number of hydrogen-bond donors (Lipinski definition) is 1. The van der Waals surface area contributed by atoms with Crippen LogP contribution in [0.2, 0.25) is 5.02 Å². The molecule has 8 heteroatoms. The van der Waals surface area contributed by atoms with Gasteiger partial charge in [-0.05, 0) is 37.1 Å². The molecule has 1 N–H and O–H groups in total. The largest absolute Gasteiger partial charge is 0.272 e. The molecule has 1 aromatic rings. The average Bonchev–Trinajstić information content (AvgIpc) is 2.73. The highest BCUT2D eigenvalue weighted by molar-refractivity contribution is 9.12. The van der Waals surface area contributed by atoms with Gasteiger partial charge in [-0.25, -0.2) is 0 Å². The van der Waals surface area contributed by atoms with Gasteiger partial charge in [0.15, 0.2) is 0 Å². The zero-order valence-electron chi connectivity index (χ0n) is 11.8. The maximum atomic E-state index is 12.5. The number of rotatable bonds is 2. The Hall–Kier alpha value is -0.920.